The van der Waals surface area contributed by atoms with Crippen LogP contribution in [0.1, 0.15) is 12.6 Å². The largest absolute Gasteiger partial charge is 0.477 e. The molecular formula is C11H17N3O2. The monoisotopic (exact) mass is 223 g/mol. The molecule has 1 rings (SSSR count). The van der Waals surface area contributed by atoms with Crippen LogP contribution in [0.15, 0.2) is 12.1 Å². The van der Waals surface area contributed by atoms with Crippen molar-refractivity contribution in [2.24, 2.45) is 0 Å². The van der Waals surface area contributed by atoms with E-state index >= 15 is 0 Å². The molecule has 5 nitrogen and oxygen atoms in total. The van der Waals surface area contributed by atoms with Crippen LogP contribution in [0.2, 0.25) is 0 Å². The third-order valence-corrected chi connectivity index (χ3v) is 2.12. The third-order valence-electron chi connectivity index (χ3n) is 2.12. The normalized spacial score (nSPS) is 12.0. The number of aryl methyl sites for hydroxylation is 1. The molecule has 1 atom stereocenters. The molecule has 1 heterocycles. The zero-order valence-electron chi connectivity index (χ0n) is 10.0. The van der Waals surface area contributed by atoms with E-state index < -0.39 is 6.10 Å². The topological polar surface area (TPSA) is 68.5 Å². The minimum Gasteiger partial charge on any atom is -0.477 e. The van der Waals surface area contributed by atoms with Gasteiger partial charge < -0.3 is 15.4 Å². The first-order valence-electron chi connectivity index (χ1n) is 5.02. The Hall–Kier alpha value is -1.78. The Morgan fingerprint density at radius 3 is 2.62 bits per heavy atom. The molecule has 0 radical (unpaired) electrons. The number of pyridine rings is 1. The average molecular weight is 223 g/mol. The molecule has 0 aliphatic rings. The molecule has 5 heteroatoms. The predicted molar refractivity (Wildman–Crippen MR) is 62.2 cm³/mol. The first-order valence-corrected chi connectivity index (χ1v) is 5.02. The molecule has 0 spiro atoms. The van der Waals surface area contributed by atoms with Gasteiger partial charge in [-0.05, 0) is 26.0 Å². The van der Waals surface area contributed by atoms with Gasteiger partial charge in [0.25, 0.3) is 5.91 Å². The zero-order chi connectivity index (χ0) is 12.3. The van der Waals surface area contributed by atoms with Crippen LogP contribution in [-0.4, -0.2) is 36.0 Å². The number of hydrogen-bond donors (Lipinski definition) is 1. The summed E-state index contributed by atoms with van der Waals surface area (Å²) in [6, 6.07) is 3.51. The van der Waals surface area contributed by atoms with Gasteiger partial charge in [0.2, 0.25) is 0 Å². The molecular weight excluding hydrogens is 206 g/mol. The van der Waals surface area contributed by atoms with E-state index in [0.29, 0.717) is 11.6 Å². The van der Waals surface area contributed by atoms with E-state index in [2.05, 4.69) is 4.98 Å². The highest BCUT2D eigenvalue weighted by Gasteiger charge is 2.17. The number of anilines is 1. The molecule has 1 aromatic rings. The van der Waals surface area contributed by atoms with Gasteiger partial charge in [-0.2, -0.15) is 0 Å². The van der Waals surface area contributed by atoms with Crippen molar-refractivity contribution in [3.8, 4) is 5.75 Å². The van der Waals surface area contributed by atoms with Crippen LogP contribution >= 0.6 is 0 Å². The summed E-state index contributed by atoms with van der Waals surface area (Å²) in [4.78, 5) is 17.1. The van der Waals surface area contributed by atoms with E-state index in [-0.39, 0.29) is 5.91 Å². The van der Waals surface area contributed by atoms with Gasteiger partial charge in [-0.1, -0.05) is 0 Å². The van der Waals surface area contributed by atoms with Crippen LogP contribution < -0.4 is 10.5 Å². The molecule has 0 aromatic carbocycles. The first-order chi connectivity index (χ1) is 7.41. The summed E-state index contributed by atoms with van der Waals surface area (Å²) >= 11 is 0. The summed E-state index contributed by atoms with van der Waals surface area (Å²) in [6.07, 6.45) is -0.568. The fraction of sp³-hybridized carbons (Fsp3) is 0.455. The minimum absolute atomic E-state index is 0.111. The summed E-state index contributed by atoms with van der Waals surface area (Å²) in [5.41, 5.74) is 6.50. The molecule has 16 heavy (non-hydrogen) atoms. The first kappa shape index (κ1) is 12.3. The lowest BCUT2D eigenvalue weighted by Crippen LogP contribution is -2.35. The van der Waals surface area contributed by atoms with E-state index in [4.69, 9.17) is 10.5 Å². The Morgan fingerprint density at radius 2 is 2.12 bits per heavy atom. The second-order valence-corrected chi connectivity index (χ2v) is 3.83. The van der Waals surface area contributed by atoms with Crippen molar-refractivity contribution in [2.75, 3.05) is 19.8 Å². The van der Waals surface area contributed by atoms with Gasteiger partial charge in [0.15, 0.2) is 17.7 Å². The molecule has 1 amide bonds. The predicted octanol–water partition coefficient (Wildman–Crippen LogP) is 0.828. The van der Waals surface area contributed by atoms with Crippen LogP contribution in [-0.2, 0) is 4.79 Å². The highest BCUT2D eigenvalue weighted by atomic mass is 16.5. The van der Waals surface area contributed by atoms with Crippen LogP contribution in [0.25, 0.3) is 0 Å². The second kappa shape index (κ2) is 4.83. The van der Waals surface area contributed by atoms with Crippen LogP contribution in [0.5, 0.6) is 5.75 Å². The van der Waals surface area contributed by atoms with Crippen molar-refractivity contribution in [3.63, 3.8) is 0 Å². The second-order valence-electron chi connectivity index (χ2n) is 3.83. The number of nitrogens with two attached hydrogens (primary N) is 1. The summed E-state index contributed by atoms with van der Waals surface area (Å²) in [7, 11) is 3.36. The zero-order valence-corrected chi connectivity index (χ0v) is 10.0. The van der Waals surface area contributed by atoms with Crippen LogP contribution in [0.4, 0.5) is 5.82 Å². The van der Waals surface area contributed by atoms with Crippen molar-refractivity contribution in [2.45, 2.75) is 20.0 Å². The van der Waals surface area contributed by atoms with E-state index in [1.165, 1.54) is 4.90 Å². The molecule has 88 valence electrons. The quantitative estimate of drug-likeness (QED) is 0.824. The molecule has 0 aliphatic heterocycles. The number of nitrogen functional groups attached to an aromatic ring is 1. The third kappa shape index (κ3) is 2.85. The van der Waals surface area contributed by atoms with E-state index in [1.807, 2.05) is 6.92 Å². The molecule has 0 aliphatic carbocycles. The maximum atomic E-state index is 11.6. The summed E-state index contributed by atoms with van der Waals surface area (Å²) in [5, 5.41) is 0. The Bertz CT molecular complexity index is 391. The van der Waals surface area contributed by atoms with Crippen molar-refractivity contribution >= 4 is 11.7 Å². The number of rotatable bonds is 3. The van der Waals surface area contributed by atoms with E-state index in [0.717, 1.165) is 5.69 Å². The summed E-state index contributed by atoms with van der Waals surface area (Å²) in [5.74, 6) is 0.631. The van der Waals surface area contributed by atoms with Gasteiger partial charge in [-0.3, -0.25) is 4.79 Å². The highest BCUT2D eigenvalue weighted by molar-refractivity contribution is 5.80. The summed E-state index contributed by atoms with van der Waals surface area (Å²) < 4.78 is 5.44. The molecule has 0 bridgehead atoms. The lowest BCUT2D eigenvalue weighted by Gasteiger charge is -2.18. The van der Waals surface area contributed by atoms with Gasteiger partial charge in [0.1, 0.15) is 0 Å². The number of ether oxygens (including phenoxy) is 1. The molecule has 0 saturated carbocycles. The number of aromatic nitrogens is 1. The maximum Gasteiger partial charge on any atom is 0.262 e. The number of carbonyl (C=O) groups excluding carboxylic acids is 1. The molecule has 1 unspecified atom stereocenters. The Kier molecular flexibility index (Phi) is 3.71. The lowest BCUT2D eigenvalue weighted by atomic mass is 10.3. The van der Waals surface area contributed by atoms with Gasteiger partial charge in [-0.15, -0.1) is 0 Å². The number of amides is 1. The molecule has 1 aromatic heterocycles. The van der Waals surface area contributed by atoms with E-state index in [9.17, 15) is 4.79 Å². The van der Waals surface area contributed by atoms with Crippen molar-refractivity contribution in [1.82, 2.24) is 9.88 Å². The number of hydrogen-bond acceptors (Lipinski definition) is 4. The SMILES string of the molecule is Cc1ccc(OC(C)C(=O)N(C)C)c(N)n1. The standard InChI is InChI=1S/C11H17N3O2/c1-7-5-6-9(10(12)13-7)16-8(2)11(15)14(3)4/h5-6,8H,1-4H3,(H2,12,13). The fourth-order valence-electron chi connectivity index (χ4n) is 1.27. The van der Waals surface area contributed by atoms with Crippen molar-refractivity contribution in [1.29, 1.82) is 0 Å². The number of carbonyl (C=O) groups is 1. The van der Waals surface area contributed by atoms with Crippen LogP contribution in [0.3, 0.4) is 0 Å². The number of nitrogens with zero attached hydrogens (tertiary/aromatic N) is 2. The van der Waals surface area contributed by atoms with Crippen molar-refractivity contribution < 1.29 is 9.53 Å². The Labute approximate surface area is 95.2 Å². The van der Waals surface area contributed by atoms with Gasteiger partial charge in [-0.25, -0.2) is 4.98 Å². The van der Waals surface area contributed by atoms with Gasteiger partial charge in [0.05, 0.1) is 0 Å². The Balaban J connectivity index is 2.77. The molecule has 0 saturated heterocycles. The van der Waals surface area contributed by atoms with E-state index in [1.54, 1.807) is 33.2 Å². The number of likely N-dealkylation sites (N-methyl/N-ethyl adjacent to an activating group) is 1. The highest BCUT2D eigenvalue weighted by Crippen LogP contribution is 2.20. The molecule has 2 N–H and O–H groups in total. The van der Waals surface area contributed by atoms with Gasteiger partial charge >= 0.3 is 0 Å². The smallest absolute Gasteiger partial charge is 0.262 e. The lowest BCUT2D eigenvalue weighted by molar-refractivity contribution is -0.135. The Morgan fingerprint density at radius 1 is 1.50 bits per heavy atom. The maximum absolute atomic E-state index is 11.6. The van der Waals surface area contributed by atoms with Crippen LogP contribution in [0, 0.1) is 6.92 Å². The fourth-order valence-corrected chi connectivity index (χ4v) is 1.27. The minimum atomic E-state index is -0.568. The van der Waals surface area contributed by atoms with Gasteiger partial charge in [0, 0.05) is 19.8 Å². The summed E-state index contributed by atoms with van der Waals surface area (Å²) in [6.45, 7) is 3.52. The average Bonchev–Trinajstić information content (AvgIpc) is 2.20. The molecule has 0 fully saturated rings. The van der Waals surface area contributed by atoms with Crippen molar-refractivity contribution in [3.05, 3.63) is 17.8 Å².